The van der Waals surface area contributed by atoms with Crippen LogP contribution >= 0.6 is 0 Å². The molecule has 0 unspecified atom stereocenters. The Morgan fingerprint density at radius 3 is 1.09 bits per heavy atom. The molecular formula is C70H45N3O. The molecule has 0 radical (unpaired) electrons. The molecule has 74 heavy (non-hydrogen) atoms. The molecule has 0 aliphatic carbocycles. The van der Waals surface area contributed by atoms with E-state index in [1.807, 2.05) is 36.4 Å². The van der Waals surface area contributed by atoms with E-state index in [9.17, 15) is 0 Å². The highest BCUT2D eigenvalue weighted by molar-refractivity contribution is 6.20. The van der Waals surface area contributed by atoms with Crippen LogP contribution in [0.5, 0.6) is 0 Å². The molecule has 0 atom stereocenters. The summed E-state index contributed by atoms with van der Waals surface area (Å²) < 4.78 is 9.43. The molecule has 4 heteroatoms. The minimum atomic E-state index is 0.636. The molecule has 0 saturated heterocycles. The first kappa shape index (κ1) is 42.9. The lowest BCUT2D eigenvalue weighted by molar-refractivity contribution is 0.667. The number of aromatic nitrogens is 3. The molecule has 3 heterocycles. The molecular weight excluding hydrogens is 899 g/mol. The molecule has 4 nitrogen and oxygen atoms in total. The molecule has 0 fully saturated rings. The van der Waals surface area contributed by atoms with Crippen molar-refractivity contribution in [3.05, 3.63) is 273 Å². The molecule has 0 bridgehead atoms. The van der Waals surface area contributed by atoms with Crippen LogP contribution in [0, 0.1) is 0 Å². The van der Waals surface area contributed by atoms with E-state index in [1.54, 1.807) is 0 Å². The van der Waals surface area contributed by atoms with Gasteiger partial charge in [-0.05, 0) is 93.0 Å². The number of fused-ring (bicyclic) bond motifs is 6. The van der Waals surface area contributed by atoms with Crippen LogP contribution in [0.2, 0.25) is 0 Å². The Hall–Kier alpha value is -9.90. The van der Waals surface area contributed by atoms with Crippen LogP contribution < -0.4 is 0 Å². The molecule has 346 valence electrons. The van der Waals surface area contributed by atoms with Crippen molar-refractivity contribution >= 4 is 43.9 Å². The van der Waals surface area contributed by atoms with Gasteiger partial charge in [-0.2, -0.15) is 0 Å². The minimum absolute atomic E-state index is 0.636. The number of para-hydroxylation sites is 1. The Kier molecular flexibility index (Phi) is 10.5. The lowest BCUT2D eigenvalue weighted by Gasteiger charge is -2.23. The minimum Gasteiger partial charge on any atom is -0.452 e. The topological polar surface area (TPSA) is 43.9 Å². The van der Waals surface area contributed by atoms with Crippen molar-refractivity contribution in [1.82, 2.24) is 14.5 Å². The first-order valence-electron chi connectivity index (χ1n) is 25.1. The lowest BCUT2D eigenvalue weighted by atomic mass is 9.91. The fourth-order valence-corrected chi connectivity index (χ4v) is 11.0. The van der Waals surface area contributed by atoms with Gasteiger partial charge in [0.15, 0.2) is 11.4 Å². The average Bonchev–Trinajstić information content (AvgIpc) is 4.10. The highest BCUT2D eigenvalue weighted by atomic mass is 16.3. The fourth-order valence-electron chi connectivity index (χ4n) is 11.0. The van der Waals surface area contributed by atoms with Gasteiger partial charge in [0.2, 0.25) is 0 Å². The average molecular weight is 944 g/mol. The Bertz CT molecular complexity index is 4160. The lowest BCUT2D eigenvalue weighted by Crippen LogP contribution is -2.04. The summed E-state index contributed by atoms with van der Waals surface area (Å²) in [5.41, 5.74) is 21.4. The maximum absolute atomic E-state index is 6.83. The summed E-state index contributed by atoms with van der Waals surface area (Å²) in [6.45, 7) is 0. The van der Waals surface area contributed by atoms with E-state index in [2.05, 4.69) is 241 Å². The zero-order valence-corrected chi connectivity index (χ0v) is 40.2. The summed E-state index contributed by atoms with van der Waals surface area (Å²) in [4.78, 5) is 10.7. The van der Waals surface area contributed by atoms with E-state index in [0.717, 1.165) is 128 Å². The Balaban J connectivity index is 1.20. The zero-order chi connectivity index (χ0) is 49.0. The van der Waals surface area contributed by atoms with Crippen LogP contribution in [0.15, 0.2) is 277 Å². The molecule has 14 rings (SSSR count). The van der Waals surface area contributed by atoms with Gasteiger partial charge in [0.05, 0.1) is 16.7 Å². The molecule has 0 N–H and O–H groups in total. The maximum Gasteiger partial charge on any atom is 0.180 e. The van der Waals surface area contributed by atoms with Crippen molar-refractivity contribution in [1.29, 1.82) is 0 Å². The number of hydrogen-bond donors (Lipinski definition) is 0. The molecule has 0 aliphatic rings. The highest BCUT2D eigenvalue weighted by Gasteiger charge is 2.28. The summed E-state index contributed by atoms with van der Waals surface area (Å²) >= 11 is 0. The molecule has 0 spiro atoms. The molecule has 11 aromatic carbocycles. The number of rotatable bonds is 9. The van der Waals surface area contributed by atoms with E-state index in [1.165, 1.54) is 0 Å². The zero-order valence-electron chi connectivity index (χ0n) is 40.2. The van der Waals surface area contributed by atoms with Gasteiger partial charge in [-0.25, -0.2) is 9.97 Å². The summed E-state index contributed by atoms with van der Waals surface area (Å²) in [5.74, 6) is 0.636. The first-order valence-corrected chi connectivity index (χ1v) is 25.1. The predicted molar refractivity (Wildman–Crippen MR) is 307 cm³/mol. The van der Waals surface area contributed by atoms with Crippen molar-refractivity contribution < 1.29 is 4.42 Å². The second-order valence-corrected chi connectivity index (χ2v) is 18.8. The van der Waals surface area contributed by atoms with Crippen molar-refractivity contribution in [2.24, 2.45) is 0 Å². The standard InChI is InChI=1S/C70H45N3O/c1-8-24-46(25-9-1)53-40-57(48-28-12-3-13-29-48)67-61(42-53)62-43-54(47-26-10-2-11-27-47)41-58(49-30-14-4-15-31-49)68(62)73(67)66-59(50-32-16-5-17-33-50)44-55(45-60(66)51-34-18-6-19-35-51)64-69-65(56-38-22-23-39-63(56)74-69)72-70(71-64)52-36-20-7-21-37-52/h1-45H. The van der Waals surface area contributed by atoms with Crippen LogP contribution in [0.25, 0.3) is 139 Å². The third-order valence-corrected chi connectivity index (χ3v) is 14.4. The van der Waals surface area contributed by atoms with Crippen molar-refractivity contribution in [3.8, 4) is 95.1 Å². The normalized spacial score (nSPS) is 11.5. The van der Waals surface area contributed by atoms with Gasteiger partial charge < -0.3 is 8.98 Å². The summed E-state index contributed by atoms with van der Waals surface area (Å²) in [6, 6.07) is 97.7. The second kappa shape index (κ2) is 18.1. The van der Waals surface area contributed by atoms with E-state index in [-0.39, 0.29) is 0 Å². The molecule has 0 amide bonds. The van der Waals surface area contributed by atoms with Gasteiger partial charge in [-0.3, -0.25) is 0 Å². The highest BCUT2D eigenvalue weighted by Crippen LogP contribution is 2.50. The van der Waals surface area contributed by atoms with Gasteiger partial charge in [-0.1, -0.05) is 224 Å². The molecule has 0 saturated carbocycles. The number of hydrogen-bond acceptors (Lipinski definition) is 3. The van der Waals surface area contributed by atoms with Crippen LogP contribution in [0.1, 0.15) is 0 Å². The van der Waals surface area contributed by atoms with Crippen LogP contribution in [-0.4, -0.2) is 14.5 Å². The fraction of sp³-hybridized carbons (Fsp3) is 0. The summed E-state index contributed by atoms with van der Waals surface area (Å²) in [7, 11) is 0. The van der Waals surface area contributed by atoms with Gasteiger partial charge in [0.1, 0.15) is 16.8 Å². The SMILES string of the molecule is c1ccc(-c2cc(-c3ccccc3)c3c(c2)c2cc(-c4ccccc4)cc(-c4ccccc4)c2n3-c2c(-c3ccccc3)cc(-c3nc(-c4ccccc4)nc4c3oc3ccccc34)cc2-c2ccccc2)cc1. The largest absolute Gasteiger partial charge is 0.452 e. The Morgan fingerprint density at radius 1 is 0.284 bits per heavy atom. The first-order chi connectivity index (χ1) is 36.7. The van der Waals surface area contributed by atoms with Crippen LogP contribution in [0.4, 0.5) is 0 Å². The Morgan fingerprint density at radius 2 is 0.649 bits per heavy atom. The Labute approximate surface area is 428 Å². The third kappa shape index (κ3) is 7.39. The third-order valence-electron chi connectivity index (χ3n) is 14.4. The molecule has 14 aromatic rings. The van der Waals surface area contributed by atoms with Crippen LogP contribution in [0.3, 0.4) is 0 Å². The van der Waals surface area contributed by atoms with Gasteiger partial charge in [0, 0.05) is 49.5 Å². The van der Waals surface area contributed by atoms with Gasteiger partial charge >= 0.3 is 0 Å². The number of furan rings is 1. The predicted octanol–water partition coefficient (Wildman–Crippen LogP) is 18.8. The molecule has 3 aromatic heterocycles. The second-order valence-electron chi connectivity index (χ2n) is 18.8. The number of benzene rings is 11. The smallest absolute Gasteiger partial charge is 0.180 e. The molecule has 0 aliphatic heterocycles. The van der Waals surface area contributed by atoms with Crippen LogP contribution in [-0.2, 0) is 0 Å². The maximum atomic E-state index is 6.83. The van der Waals surface area contributed by atoms with Crippen molar-refractivity contribution in [3.63, 3.8) is 0 Å². The van der Waals surface area contributed by atoms with Gasteiger partial charge in [0.25, 0.3) is 0 Å². The van der Waals surface area contributed by atoms with Crippen molar-refractivity contribution in [2.45, 2.75) is 0 Å². The number of nitrogens with zero attached hydrogens (tertiary/aromatic N) is 3. The van der Waals surface area contributed by atoms with Gasteiger partial charge in [-0.15, -0.1) is 0 Å². The van der Waals surface area contributed by atoms with E-state index in [4.69, 9.17) is 14.4 Å². The van der Waals surface area contributed by atoms with E-state index < -0.39 is 0 Å². The van der Waals surface area contributed by atoms with Crippen molar-refractivity contribution in [2.75, 3.05) is 0 Å². The van der Waals surface area contributed by atoms with E-state index >= 15 is 0 Å². The summed E-state index contributed by atoms with van der Waals surface area (Å²) in [6.07, 6.45) is 0. The quantitative estimate of drug-likeness (QED) is 0.145. The monoisotopic (exact) mass is 943 g/mol. The van der Waals surface area contributed by atoms with E-state index in [0.29, 0.717) is 11.4 Å². The summed E-state index contributed by atoms with van der Waals surface area (Å²) in [5, 5.41) is 3.26.